The second kappa shape index (κ2) is 4.72. The van der Waals surface area contributed by atoms with Gasteiger partial charge in [-0.3, -0.25) is 0 Å². The number of nitrogens with one attached hydrogen (secondary N) is 1. The largest absolute Gasteiger partial charge is 0.317 e. The Labute approximate surface area is 69.1 Å². The van der Waals surface area contributed by atoms with Crippen molar-refractivity contribution in [1.82, 2.24) is 5.32 Å². The van der Waals surface area contributed by atoms with Gasteiger partial charge in [-0.05, 0) is 19.9 Å². The van der Waals surface area contributed by atoms with Crippen LogP contribution in [0.25, 0.3) is 0 Å². The highest BCUT2D eigenvalue weighted by Crippen LogP contribution is 1.98. The summed E-state index contributed by atoms with van der Waals surface area (Å²) in [6.07, 6.45) is 2.97. The molecule has 0 bridgehead atoms. The summed E-state index contributed by atoms with van der Waals surface area (Å²) in [6.45, 7) is 2.05. The molecule has 0 aliphatic carbocycles. The molecule has 0 amide bonds. The molecule has 3 nitrogen and oxygen atoms in total. The van der Waals surface area contributed by atoms with Crippen LogP contribution in [0.5, 0.6) is 0 Å². The van der Waals surface area contributed by atoms with E-state index in [1.807, 2.05) is 14.0 Å². The lowest BCUT2D eigenvalue weighted by Gasteiger charge is -2.11. The summed E-state index contributed by atoms with van der Waals surface area (Å²) in [7, 11) is -0.922. The van der Waals surface area contributed by atoms with Crippen LogP contribution in [0.4, 0.5) is 0 Å². The zero-order valence-corrected chi connectivity index (χ0v) is 8.24. The molecule has 68 valence electrons. The molecule has 0 rings (SSSR count). The summed E-state index contributed by atoms with van der Waals surface area (Å²) in [5.41, 5.74) is 0. The van der Waals surface area contributed by atoms with E-state index in [0.717, 1.165) is 6.42 Å². The van der Waals surface area contributed by atoms with Gasteiger partial charge in [0.05, 0.1) is 5.75 Å². The highest BCUT2D eigenvalue weighted by atomic mass is 32.2. The van der Waals surface area contributed by atoms with Crippen molar-refractivity contribution < 1.29 is 8.42 Å². The molecule has 0 radical (unpaired) electrons. The second-order valence-corrected chi connectivity index (χ2v) is 5.07. The van der Waals surface area contributed by atoms with Gasteiger partial charge in [0.2, 0.25) is 0 Å². The van der Waals surface area contributed by atoms with Gasteiger partial charge in [0, 0.05) is 12.3 Å². The molecule has 0 saturated carbocycles. The van der Waals surface area contributed by atoms with Crippen molar-refractivity contribution in [3.05, 3.63) is 0 Å². The molecule has 11 heavy (non-hydrogen) atoms. The first-order valence-electron chi connectivity index (χ1n) is 3.84. The van der Waals surface area contributed by atoms with Crippen LogP contribution in [0.2, 0.25) is 0 Å². The van der Waals surface area contributed by atoms with Crippen LogP contribution in [-0.2, 0) is 9.84 Å². The zero-order valence-electron chi connectivity index (χ0n) is 7.42. The molecule has 4 heteroatoms. The Kier molecular flexibility index (Phi) is 4.68. The smallest absolute Gasteiger partial charge is 0.147 e. The van der Waals surface area contributed by atoms with Gasteiger partial charge in [0.1, 0.15) is 9.84 Å². The predicted molar refractivity (Wildman–Crippen MR) is 47.5 cm³/mol. The standard InChI is InChI=1S/C7H17NO2S/c1-4-7(8-2)5-6-11(3,9)10/h7-8H,4-6H2,1-3H3. The maximum Gasteiger partial charge on any atom is 0.147 e. The molecular formula is C7H17NO2S. The van der Waals surface area contributed by atoms with Crippen molar-refractivity contribution in [2.45, 2.75) is 25.8 Å². The molecular weight excluding hydrogens is 162 g/mol. The van der Waals surface area contributed by atoms with Gasteiger partial charge >= 0.3 is 0 Å². The summed E-state index contributed by atoms with van der Waals surface area (Å²) >= 11 is 0. The third-order valence-corrected chi connectivity index (χ3v) is 2.72. The zero-order chi connectivity index (χ0) is 8.91. The Bertz CT molecular complexity index is 183. The fourth-order valence-corrected chi connectivity index (χ4v) is 1.62. The third kappa shape index (κ3) is 6.31. The Hall–Kier alpha value is -0.0900. The Morgan fingerprint density at radius 1 is 1.45 bits per heavy atom. The van der Waals surface area contributed by atoms with E-state index in [0.29, 0.717) is 12.5 Å². The monoisotopic (exact) mass is 179 g/mol. The van der Waals surface area contributed by atoms with E-state index in [4.69, 9.17) is 0 Å². The average molecular weight is 179 g/mol. The molecule has 1 unspecified atom stereocenters. The van der Waals surface area contributed by atoms with Crippen LogP contribution in [0, 0.1) is 0 Å². The quantitative estimate of drug-likeness (QED) is 0.665. The van der Waals surface area contributed by atoms with Gasteiger partial charge in [-0.15, -0.1) is 0 Å². The average Bonchev–Trinajstić information content (AvgIpc) is 1.88. The fraction of sp³-hybridized carbons (Fsp3) is 1.00. The highest BCUT2D eigenvalue weighted by molar-refractivity contribution is 7.90. The first-order valence-corrected chi connectivity index (χ1v) is 5.90. The molecule has 1 atom stereocenters. The van der Waals surface area contributed by atoms with Crippen LogP contribution in [0.3, 0.4) is 0 Å². The van der Waals surface area contributed by atoms with Crippen LogP contribution < -0.4 is 5.32 Å². The van der Waals surface area contributed by atoms with Gasteiger partial charge in [0.15, 0.2) is 0 Å². The van der Waals surface area contributed by atoms with Crippen molar-refractivity contribution in [2.75, 3.05) is 19.1 Å². The molecule has 0 aliphatic heterocycles. The van der Waals surface area contributed by atoms with Crippen LogP contribution in [0.15, 0.2) is 0 Å². The molecule has 0 aromatic rings. The van der Waals surface area contributed by atoms with E-state index in [9.17, 15) is 8.42 Å². The number of rotatable bonds is 5. The minimum atomic E-state index is -2.78. The maximum absolute atomic E-state index is 10.7. The molecule has 0 heterocycles. The minimum Gasteiger partial charge on any atom is -0.317 e. The maximum atomic E-state index is 10.7. The lowest BCUT2D eigenvalue weighted by atomic mass is 10.2. The lowest BCUT2D eigenvalue weighted by molar-refractivity contribution is 0.524. The van der Waals surface area contributed by atoms with Crippen molar-refractivity contribution in [3.8, 4) is 0 Å². The van der Waals surface area contributed by atoms with Gasteiger partial charge in [-0.2, -0.15) is 0 Å². The van der Waals surface area contributed by atoms with Gasteiger partial charge in [0.25, 0.3) is 0 Å². The van der Waals surface area contributed by atoms with Gasteiger partial charge < -0.3 is 5.32 Å². The number of hydrogen-bond acceptors (Lipinski definition) is 3. The van der Waals surface area contributed by atoms with Gasteiger partial charge in [-0.1, -0.05) is 6.92 Å². The van der Waals surface area contributed by atoms with E-state index in [-0.39, 0.29) is 5.75 Å². The normalized spacial score (nSPS) is 14.8. The van der Waals surface area contributed by atoms with E-state index in [2.05, 4.69) is 5.32 Å². The Morgan fingerprint density at radius 2 is 2.00 bits per heavy atom. The molecule has 0 aromatic heterocycles. The van der Waals surface area contributed by atoms with Crippen molar-refractivity contribution >= 4 is 9.84 Å². The first-order chi connectivity index (χ1) is 4.99. The molecule has 0 saturated heterocycles. The van der Waals surface area contributed by atoms with E-state index >= 15 is 0 Å². The van der Waals surface area contributed by atoms with Crippen LogP contribution in [0.1, 0.15) is 19.8 Å². The van der Waals surface area contributed by atoms with Crippen molar-refractivity contribution in [2.24, 2.45) is 0 Å². The second-order valence-electron chi connectivity index (χ2n) is 2.81. The SMILES string of the molecule is CCC(CCS(C)(=O)=O)NC. The van der Waals surface area contributed by atoms with Crippen molar-refractivity contribution in [3.63, 3.8) is 0 Å². The third-order valence-electron chi connectivity index (χ3n) is 1.74. The summed E-state index contributed by atoms with van der Waals surface area (Å²) in [6, 6.07) is 0.338. The van der Waals surface area contributed by atoms with E-state index in [1.54, 1.807) is 0 Å². The molecule has 0 aliphatic rings. The van der Waals surface area contributed by atoms with E-state index < -0.39 is 9.84 Å². The number of sulfone groups is 1. The minimum absolute atomic E-state index is 0.284. The fourth-order valence-electron chi connectivity index (χ4n) is 0.909. The topological polar surface area (TPSA) is 46.2 Å². The highest BCUT2D eigenvalue weighted by Gasteiger charge is 2.07. The van der Waals surface area contributed by atoms with Crippen LogP contribution in [-0.4, -0.2) is 33.5 Å². The van der Waals surface area contributed by atoms with Gasteiger partial charge in [-0.25, -0.2) is 8.42 Å². The Morgan fingerprint density at radius 3 is 2.27 bits per heavy atom. The summed E-state index contributed by atoms with van der Waals surface area (Å²) in [5.74, 6) is 0.284. The summed E-state index contributed by atoms with van der Waals surface area (Å²) in [4.78, 5) is 0. The Balaban J connectivity index is 3.69. The molecule has 1 N–H and O–H groups in total. The summed E-state index contributed by atoms with van der Waals surface area (Å²) < 4.78 is 21.5. The predicted octanol–water partition coefficient (Wildman–Crippen LogP) is 0.419. The van der Waals surface area contributed by atoms with Crippen LogP contribution >= 0.6 is 0 Å². The molecule has 0 spiro atoms. The number of hydrogen-bond donors (Lipinski definition) is 1. The molecule has 0 aromatic carbocycles. The van der Waals surface area contributed by atoms with Crippen molar-refractivity contribution in [1.29, 1.82) is 0 Å². The summed E-state index contributed by atoms with van der Waals surface area (Å²) in [5, 5.41) is 3.06. The molecule has 0 fully saturated rings. The van der Waals surface area contributed by atoms with E-state index in [1.165, 1.54) is 6.26 Å². The lowest BCUT2D eigenvalue weighted by Crippen LogP contribution is -2.26. The first kappa shape index (κ1) is 10.9.